The van der Waals surface area contributed by atoms with Gasteiger partial charge in [0.2, 0.25) is 0 Å². The van der Waals surface area contributed by atoms with Crippen LogP contribution >= 0.6 is 23.4 Å². The van der Waals surface area contributed by atoms with E-state index in [4.69, 9.17) is 16.3 Å². The normalized spacial score (nSPS) is 10.6. The van der Waals surface area contributed by atoms with E-state index in [0.29, 0.717) is 10.6 Å². The zero-order valence-corrected chi connectivity index (χ0v) is 11.9. The summed E-state index contributed by atoms with van der Waals surface area (Å²) in [6.45, 7) is 5.78. The molecule has 0 spiro atoms. The number of hydrogen-bond donors (Lipinski definition) is 0. The highest BCUT2D eigenvalue weighted by Crippen LogP contribution is 2.27. The van der Waals surface area contributed by atoms with Crippen LogP contribution in [0.5, 0.6) is 0 Å². The molecule has 0 amide bonds. The lowest BCUT2D eigenvalue weighted by Crippen LogP contribution is -2.12. The molecule has 1 rings (SSSR count). The van der Waals surface area contributed by atoms with Gasteiger partial charge in [0.05, 0.1) is 11.7 Å². The Balaban J connectivity index is 2.93. The average Bonchev–Trinajstić information content (AvgIpc) is 2.26. The summed E-state index contributed by atoms with van der Waals surface area (Å²) in [6, 6.07) is 5.34. The monoisotopic (exact) mass is 272 g/mol. The van der Waals surface area contributed by atoms with Crippen LogP contribution in [0.15, 0.2) is 23.1 Å². The Labute approximate surface area is 112 Å². The summed E-state index contributed by atoms with van der Waals surface area (Å²) in [6.07, 6.45) is 0.942. The summed E-state index contributed by atoms with van der Waals surface area (Å²) in [5.74, 6) is 0.671. The number of carbonyl (C=O) groups is 1. The van der Waals surface area contributed by atoms with Crippen molar-refractivity contribution in [2.24, 2.45) is 0 Å². The van der Waals surface area contributed by atoms with Crippen LogP contribution in [0.3, 0.4) is 0 Å². The summed E-state index contributed by atoms with van der Waals surface area (Å²) >= 11 is 7.57. The second kappa shape index (κ2) is 6.92. The van der Waals surface area contributed by atoms with Crippen LogP contribution in [0, 0.1) is 0 Å². The van der Waals surface area contributed by atoms with Gasteiger partial charge in [0.15, 0.2) is 0 Å². The molecule has 0 aliphatic carbocycles. The maximum atomic E-state index is 11.9. The maximum absolute atomic E-state index is 11.9. The fourth-order valence-corrected chi connectivity index (χ4v) is 2.34. The van der Waals surface area contributed by atoms with E-state index in [-0.39, 0.29) is 12.1 Å². The van der Waals surface area contributed by atoms with Crippen LogP contribution in [0.25, 0.3) is 0 Å². The minimum Gasteiger partial charge on any atom is -0.459 e. The first kappa shape index (κ1) is 14.4. The summed E-state index contributed by atoms with van der Waals surface area (Å²) in [5, 5.41) is 0.557. The predicted octanol–water partition coefficient (Wildman–Crippen LogP) is 4.41. The fraction of sp³-hybridized carbons (Fsp3) is 0.462. The lowest BCUT2D eigenvalue weighted by Gasteiger charge is -2.11. The van der Waals surface area contributed by atoms with Gasteiger partial charge in [-0.2, -0.15) is 0 Å². The number of benzene rings is 1. The molecule has 0 saturated carbocycles. The van der Waals surface area contributed by atoms with Crippen molar-refractivity contribution in [3.63, 3.8) is 0 Å². The average molecular weight is 273 g/mol. The number of halogens is 1. The minimum atomic E-state index is -0.305. The highest BCUT2D eigenvalue weighted by Gasteiger charge is 2.15. The van der Waals surface area contributed by atoms with Crippen LogP contribution in [0.4, 0.5) is 0 Å². The molecule has 4 heteroatoms. The Hall–Kier alpha value is -0.670. The molecule has 0 N–H and O–H groups in total. The van der Waals surface area contributed by atoms with E-state index in [0.717, 1.165) is 17.1 Å². The Morgan fingerprint density at radius 3 is 2.76 bits per heavy atom. The standard InChI is InChI=1S/C13H17ClO2S/c1-4-7-17-12-6-5-10(14)8-11(12)13(15)16-9(2)3/h5-6,8-9H,4,7H2,1-3H3. The van der Waals surface area contributed by atoms with E-state index >= 15 is 0 Å². The minimum absolute atomic E-state index is 0.120. The molecule has 17 heavy (non-hydrogen) atoms. The number of thioether (sulfide) groups is 1. The third-order valence-electron chi connectivity index (χ3n) is 1.97. The van der Waals surface area contributed by atoms with E-state index in [2.05, 4.69) is 6.92 Å². The molecule has 0 aromatic heterocycles. The molecular formula is C13H17ClO2S. The van der Waals surface area contributed by atoms with Crippen LogP contribution in [-0.2, 0) is 4.74 Å². The Kier molecular flexibility index (Phi) is 5.86. The SMILES string of the molecule is CCCSc1ccc(Cl)cc1C(=O)OC(C)C. The number of esters is 1. The van der Waals surface area contributed by atoms with Gasteiger partial charge in [0, 0.05) is 9.92 Å². The Morgan fingerprint density at radius 2 is 2.18 bits per heavy atom. The molecule has 1 aromatic carbocycles. The molecule has 1 aromatic rings. The van der Waals surface area contributed by atoms with Gasteiger partial charge in [-0.25, -0.2) is 4.79 Å². The van der Waals surface area contributed by atoms with Crippen molar-refractivity contribution in [2.75, 3.05) is 5.75 Å². The van der Waals surface area contributed by atoms with Gasteiger partial charge in [-0.05, 0) is 44.2 Å². The summed E-state index contributed by atoms with van der Waals surface area (Å²) < 4.78 is 5.20. The van der Waals surface area contributed by atoms with Gasteiger partial charge >= 0.3 is 5.97 Å². The molecule has 0 aliphatic rings. The molecular weight excluding hydrogens is 256 g/mol. The molecule has 0 saturated heterocycles. The van der Waals surface area contributed by atoms with Crippen LogP contribution in [0.1, 0.15) is 37.6 Å². The molecule has 0 unspecified atom stereocenters. The lowest BCUT2D eigenvalue weighted by atomic mass is 10.2. The van der Waals surface area contributed by atoms with E-state index in [9.17, 15) is 4.79 Å². The zero-order chi connectivity index (χ0) is 12.8. The van der Waals surface area contributed by atoms with Crippen LogP contribution in [0.2, 0.25) is 5.02 Å². The topological polar surface area (TPSA) is 26.3 Å². The summed E-state index contributed by atoms with van der Waals surface area (Å²) in [4.78, 5) is 12.8. The first-order valence-corrected chi connectivity index (χ1v) is 7.04. The molecule has 0 heterocycles. The molecule has 0 atom stereocenters. The molecule has 0 bridgehead atoms. The van der Waals surface area contributed by atoms with Gasteiger partial charge in [0.25, 0.3) is 0 Å². The third kappa shape index (κ3) is 4.60. The van der Waals surface area contributed by atoms with Crippen molar-refractivity contribution >= 4 is 29.3 Å². The zero-order valence-electron chi connectivity index (χ0n) is 10.3. The van der Waals surface area contributed by atoms with Gasteiger partial charge in [-0.3, -0.25) is 0 Å². The molecule has 0 radical (unpaired) electrons. The summed E-state index contributed by atoms with van der Waals surface area (Å²) in [5.41, 5.74) is 0.560. The number of ether oxygens (including phenoxy) is 1. The third-order valence-corrected chi connectivity index (χ3v) is 3.48. The maximum Gasteiger partial charge on any atom is 0.339 e. The highest BCUT2D eigenvalue weighted by molar-refractivity contribution is 7.99. The molecule has 2 nitrogen and oxygen atoms in total. The molecule has 0 fully saturated rings. The van der Waals surface area contributed by atoms with E-state index in [1.807, 2.05) is 19.9 Å². The molecule has 94 valence electrons. The van der Waals surface area contributed by atoms with Crippen molar-refractivity contribution in [1.82, 2.24) is 0 Å². The van der Waals surface area contributed by atoms with Crippen molar-refractivity contribution in [3.8, 4) is 0 Å². The van der Waals surface area contributed by atoms with E-state index in [1.54, 1.807) is 23.9 Å². The lowest BCUT2D eigenvalue weighted by molar-refractivity contribution is 0.0374. The number of carbonyl (C=O) groups excluding carboxylic acids is 1. The number of rotatable bonds is 5. The smallest absolute Gasteiger partial charge is 0.339 e. The molecule has 0 aliphatic heterocycles. The largest absolute Gasteiger partial charge is 0.459 e. The first-order valence-electron chi connectivity index (χ1n) is 5.68. The van der Waals surface area contributed by atoms with Crippen molar-refractivity contribution in [2.45, 2.75) is 38.2 Å². The summed E-state index contributed by atoms with van der Waals surface area (Å²) in [7, 11) is 0. The van der Waals surface area contributed by atoms with Crippen molar-refractivity contribution in [1.29, 1.82) is 0 Å². The van der Waals surface area contributed by atoms with Gasteiger partial charge in [-0.1, -0.05) is 18.5 Å². The predicted molar refractivity (Wildman–Crippen MR) is 73.0 cm³/mol. The van der Waals surface area contributed by atoms with Gasteiger partial charge in [-0.15, -0.1) is 11.8 Å². The van der Waals surface area contributed by atoms with Crippen molar-refractivity contribution in [3.05, 3.63) is 28.8 Å². The Bertz CT molecular complexity index is 391. The highest BCUT2D eigenvalue weighted by atomic mass is 35.5. The van der Waals surface area contributed by atoms with E-state index in [1.165, 1.54) is 0 Å². The van der Waals surface area contributed by atoms with Gasteiger partial charge < -0.3 is 4.74 Å². The van der Waals surface area contributed by atoms with Gasteiger partial charge in [0.1, 0.15) is 0 Å². The number of hydrogen-bond acceptors (Lipinski definition) is 3. The fourth-order valence-electron chi connectivity index (χ4n) is 1.28. The van der Waals surface area contributed by atoms with Crippen LogP contribution < -0.4 is 0 Å². The quantitative estimate of drug-likeness (QED) is 0.587. The van der Waals surface area contributed by atoms with Crippen molar-refractivity contribution < 1.29 is 9.53 Å². The van der Waals surface area contributed by atoms with Crippen LogP contribution in [-0.4, -0.2) is 17.8 Å². The Morgan fingerprint density at radius 1 is 1.47 bits per heavy atom. The first-order chi connectivity index (χ1) is 8.04. The second-order valence-corrected chi connectivity index (χ2v) is 5.52. The van der Waals surface area contributed by atoms with E-state index < -0.39 is 0 Å². The second-order valence-electron chi connectivity index (χ2n) is 3.94.